The SMILES string of the molecule is CCCc1noc(CCCC(=O)N[C@H]2CCCc3c2cnn3C(C)(C)C)n1. The highest BCUT2D eigenvalue weighted by atomic mass is 16.5. The van der Waals surface area contributed by atoms with Crippen molar-refractivity contribution in [3.63, 3.8) is 0 Å². The molecule has 2 heterocycles. The lowest BCUT2D eigenvalue weighted by molar-refractivity contribution is -0.122. The molecule has 7 nitrogen and oxygen atoms in total. The summed E-state index contributed by atoms with van der Waals surface area (Å²) in [5, 5.41) is 11.7. The van der Waals surface area contributed by atoms with Crippen molar-refractivity contribution in [3.8, 4) is 0 Å². The molecule has 0 unspecified atom stereocenters. The molecule has 0 radical (unpaired) electrons. The molecule has 1 atom stereocenters. The molecule has 0 saturated carbocycles. The van der Waals surface area contributed by atoms with Crippen molar-refractivity contribution >= 4 is 5.91 Å². The standard InChI is InChI=1S/C20H31N5O2/c1-5-8-17-23-19(27-24-17)12-7-11-18(26)22-15-9-6-10-16-14(15)13-21-25(16)20(2,3)4/h13,15H,5-12H2,1-4H3,(H,22,26)/t15-/m0/s1. The third-order valence-electron chi connectivity index (χ3n) is 4.93. The van der Waals surface area contributed by atoms with E-state index in [-0.39, 0.29) is 17.5 Å². The van der Waals surface area contributed by atoms with Crippen LogP contribution in [0.3, 0.4) is 0 Å². The van der Waals surface area contributed by atoms with Gasteiger partial charge in [-0.3, -0.25) is 9.48 Å². The van der Waals surface area contributed by atoms with Gasteiger partial charge in [0, 0.05) is 30.5 Å². The van der Waals surface area contributed by atoms with Crippen molar-refractivity contribution < 1.29 is 9.32 Å². The molecule has 0 bridgehead atoms. The predicted octanol–water partition coefficient (Wildman–Crippen LogP) is 3.49. The van der Waals surface area contributed by atoms with Crippen LogP contribution in [0.25, 0.3) is 0 Å². The molecule has 1 amide bonds. The van der Waals surface area contributed by atoms with Crippen LogP contribution in [0.1, 0.15) is 88.8 Å². The minimum Gasteiger partial charge on any atom is -0.349 e. The zero-order valence-corrected chi connectivity index (χ0v) is 16.9. The Hall–Kier alpha value is -2.18. The maximum absolute atomic E-state index is 12.4. The Labute approximate surface area is 160 Å². The van der Waals surface area contributed by atoms with Gasteiger partial charge in [-0.05, 0) is 52.9 Å². The van der Waals surface area contributed by atoms with Gasteiger partial charge in [0.25, 0.3) is 0 Å². The fourth-order valence-electron chi connectivity index (χ4n) is 3.67. The van der Waals surface area contributed by atoms with E-state index in [4.69, 9.17) is 4.52 Å². The van der Waals surface area contributed by atoms with Gasteiger partial charge in [-0.25, -0.2) is 0 Å². The predicted molar refractivity (Wildman–Crippen MR) is 102 cm³/mol. The lowest BCUT2D eigenvalue weighted by Crippen LogP contribution is -2.32. The molecule has 7 heteroatoms. The van der Waals surface area contributed by atoms with Crippen LogP contribution in [0.15, 0.2) is 10.7 Å². The van der Waals surface area contributed by atoms with E-state index in [1.807, 2.05) is 6.20 Å². The maximum atomic E-state index is 12.4. The van der Waals surface area contributed by atoms with Gasteiger partial charge in [-0.15, -0.1) is 0 Å². The Kier molecular flexibility index (Phi) is 5.97. The second-order valence-corrected chi connectivity index (χ2v) is 8.35. The molecular weight excluding hydrogens is 342 g/mol. The molecule has 2 aromatic rings. The molecule has 27 heavy (non-hydrogen) atoms. The van der Waals surface area contributed by atoms with Gasteiger partial charge >= 0.3 is 0 Å². The van der Waals surface area contributed by atoms with Crippen molar-refractivity contribution in [2.24, 2.45) is 0 Å². The Morgan fingerprint density at radius 3 is 2.93 bits per heavy atom. The van der Waals surface area contributed by atoms with Crippen molar-refractivity contribution in [1.29, 1.82) is 0 Å². The highest BCUT2D eigenvalue weighted by Gasteiger charge is 2.28. The third-order valence-corrected chi connectivity index (χ3v) is 4.93. The number of carbonyl (C=O) groups is 1. The molecule has 1 aliphatic carbocycles. The first-order valence-electron chi connectivity index (χ1n) is 10.1. The fraction of sp³-hybridized carbons (Fsp3) is 0.700. The Morgan fingerprint density at radius 2 is 2.19 bits per heavy atom. The average molecular weight is 374 g/mol. The number of hydrogen-bond donors (Lipinski definition) is 1. The number of rotatable bonds is 7. The highest BCUT2D eigenvalue weighted by Crippen LogP contribution is 2.32. The van der Waals surface area contributed by atoms with Gasteiger partial charge in [-0.2, -0.15) is 10.1 Å². The summed E-state index contributed by atoms with van der Waals surface area (Å²) >= 11 is 0. The molecule has 148 valence electrons. The quantitative estimate of drug-likeness (QED) is 0.803. The van der Waals surface area contributed by atoms with Crippen molar-refractivity contribution in [2.75, 3.05) is 0 Å². The first-order valence-corrected chi connectivity index (χ1v) is 10.1. The molecule has 0 aromatic carbocycles. The molecule has 0 spiro atoms. The van der Waals surface area contributed by atoms with Crippen LogP contribution in [-0.4, -0.2) is 25.8 Å². The van der Waals surface area contributed by atoms with Crippen LogP contribution in [0.4, 0.5) is 0 Å². The molecular formula is C20H31N5O2. The van der Waals surface area contributed by atoms with E-state index in [1.165, 1.54) is 11.3 Å². The minimum atomic E-state index is -0.0415. The Morgan fingerprint density at radius 1 is 1.37 bits per heavy atom. The molecule has 3 rings (SSSR count). The number of fused-ring (bicyclic) bond motifs is 1. The average Bonchev–Trinajstić information content (AvgIpc) is 3.22. The number of aromatic nitrogens is 4. The van der Waals surface area contributed by atoms with Gasteiger partial charge in [0.05, 0.1) is 17.8 Å². The van der Waals surface area contributed by atoms with E-state index in [0.717, 1.165) is 37.9 Å². The maximum Gasteiger partial charge on any atom is 0.226 e. The summed E-state index contributed by atoms with van der Waals surface area (Å²) in [6.45, 7) is 8.56. The zero-order valence-electron chi connectivity index (χ0n) is 16.9. The van der Waals surface area contributed by atoms with Crippen molar-refractivity contribution in [2.45, 2.75) is 90.6 Å². The minimum absolute atomic E-state index is 0.0415. The van der Waals surface area contributed by atoms with Crippen molar-refractivity contribution in [3.05, 3.63) is 29.2 Å². The number of aryl methyl sites for hydroxylation is 2. The lowest BCUT2D eigenvalue weighted by atomic mass is 9.92. The Balaban J connectivity index is 1.52. The molecule has 0 saturated heterocycles. The fourth-order valence-corrected chi connectivity index (χ4v) is 3.67. The lowest BCUT2D eigenvalue weighted by Gasteiger charge is -2.28. The summed E-state index contributed by atoms with van der Waals surface area (Å²) in [5.74, 6) is 1.45. The number of carbonyl (C=O) groups excluding carboxylic acids is 1. The number of nitrogens with one attached hydrogen (secondary N) is 1. The summed E-state index contributed by atoms with van der Waals surface area (Å²) in [7, 11) is 0. The van der Waals surface area contributed by atoms with Gasteiger partial charge in [0.2, 0.25) is 11.8 Å². The smallest absolute Gasteiger partial charge is 0.226 e. The van der Waals surface area contributed by atoms with Crippen LogP contribution in [0, 0.1) is 0 Å². The largest absolute Gasteiger partial charge is 0.349 e. The number of nitrogens with zero attached hydrogens (tertiary/aromatic N) is 4. The molecule has 0 aliphatic heterocycles. The van der Waals surface area contributed by atoms with E-state index in [0.29, 0.717) is 25.2 Å². The van der Waals surface area contributed by atoms with Gasteiger partial charge < -0.3 is 9.84 Å². The molecule has 0 fully saturated rings. The van der Waals surface area contributed by atoms with E-state index in [9.17, 15) is 4.79 Å². The van der Waals surface area contributed by atoms with Crippen LogP contribution < -0.4 is 5.32 Å². The molecule has 1 aliphatic rings. The third kappa shape index (κ3) is 4.76. The van der Waals surface area contributed by atoms with Crippen LogP contribution in [-0.2, 0) is 29.6 Å². The molecule has 1 N–H and O–H groups in total. The van der Waals surface area contributed by atoms with Crippen molar-refractivity contribution in [1.82, 2.24) is 25.2 Å². The van der Waals surface area contributed by atoms with Crippen LogP contribution >= 0.6 is 0 Å². The second-order valence-electron chi connectivity index (χ2n) is 8.35. The summed E-state index contributed by atoms with van der Waals surface area (Å²) < 4.78 is 7.33. The van der Waals surface area contributed by atoms with Gasteiger partial charge in [0.15, 0.2) is 5.82 Å². The van der Waals surface area contributed by atoms with E-state index in [2.05, 4.69) is 52.9 Å². The number of hydrogen-bond acceptors (Lipinski definition) is 5. The summed E-state index contributed by atoms with van der Waals surface area (Å²) in [4.78, 5) is 16.8. The van der Waals surface area contributed by atoms with Gasteiger partial charge in [-0.1, -0.05) is 12.1 Å². The zero-order chi connectivity index (χ0) is 19.4. The molecule has 2 aromatic heterocycles. The van der Waals surface area contributed by atoms with Crippen LogP contribution in [0.2, 0.25) is 0 Å². The topological polar surface area (TPSA) is 85.8 Å². The summed E-state index contributed by atoms with van der Waals surface area (Å²) in [6.07, 6.45) is 8.63. The Bertz CT molecular complexity index is 772. The van der Waals surface area contributed by atoms with E-state index in [1.54, 1.807) is 0 Å². The van der Waals surface area contributed by atoms with E-state index >= 15 is 0 Å². The first kappa shape index (κ1) is 19.6. The van der Waals surface area contributed by atoms with Gasteiger partial charge in [0.1, 0.15) is 0 Å². The monoisotopic (exact) mass is 373 g/mol. The number of amides is 1. The first-order chi connectivity index (χ1) is 12.9. The second kappa shape index (κ2) is 8.23. The normalized spacial score (nSPS) is 17.0. The summed E-state index contributed by atoms with van der Waals surface area (Å²) in [5.41, 5.74) is 2.39. The highest BCUT2D eigenvalue weighted by molar-refractivity contribution is 5.76. The van der Waals surface area contributed by atoms with Crippen LogP contribution in [0.5, 0.6) is 0 Å². The van der Waals surface area contributed by atoms with E-state index < -0.39 is 0 Å². The summed E-state index contributed by atoms with van der Waals surface area (Å²) in [6, 6.07) is 0.0666.